The minimum absolute atomic E-state index is 0.0276. The van der Waals surface area contributed by atoms with E-state index >= 15 is 0 Å². The Kier molecular flexibility index (Phi) is 3.60. The molecule has 3 heteroatoms. The van der Waals surface area contributed by atoms with Gasteiger partial charge >= 0.3 is 0 Å². The van der Waals surface area contributed by atoms with Crippen molar-refractivity contribution in [2.45, 2.75) is 32.6 Å². The van der Waals surface area contributed by atoms with Crippen molar-refractivity contribution in [1.82, 2.24) is 0 Å². The minimum Gasteiger partial charge on any atom is -0.493 e. The minimum atomic E-state index is 0.0276. The lowest BCUT2D eigenvalue weighted by Crippen LogP contribution is -2.15. The lowest BCUT2D eigenvalue weighted by Gasteiger charge is -2.15. The Morgan fingerprint density at radius 3 is 2.56 bits per heavy atom. The van der Waals surface area contributed by atoms with Crippen molar-refractivity contribution >= 4 is 5.78 Å². The predicted molar refractivity (Wildman–Crippen MR) is 70.5 cm³/mol. The maximum absolute atomic E-state index is 12.2. The Morgan fingerprint density at radius 2 is 2.00 bits per heavy atom. The van der Waals surface area contributed by atoms with Crippen LogP contribution in [0.2, 0.25) is 0 Å². The number of benzene rings is 1. The van der Waals surface area contributed by atoms with Gasteiger partial charge in [0.05, 0.1) is 14.2 Å². The lowest BCUT2D eigenvalue weighted by atomic mass is 9.90. The molecule has 0 saturated carbocycles. The fourth-order valence-electron chi connectivity index (χ4n) is 2.73. The second-order valence-electron chi connectivity index (χ2n) is 5.02. The van der Waals surface area contributed by atoms with Crippen LogP contribution in [0.15, 0.2) is 12.1 Å². The van der Waals surface area contributed by atoms with E-state index in [1.165, 1.54) is 0 Å². The highest BCUT2D eigenvalue weighted by atomic mass is 16.5. The van der Waals surface area contributed by atoms with Crippen molar-refractivity contribution in [2.24, 2.45) is 5.92 Å². The Bertz CT molecular complexity index is 463. The quantitative estimate of drug-likeness (QED) is 0.821. The normalized spacial score (nSPS) is 17.7. The summed E-state index contributed by atoms with van der Waals surface area (Å²) in [5, 5.41) is 0. The van der Waals surface area contributed by atoms with Gasteiger partial charge in [-0.1, -0.05) is 19.9 Å². The van der Waals surface area contributed by atoms with Crippen LogP contribution >= 0.6 is 0 Å². The number of rotatable bonds is 4. The van der Waals surface area contributed by atoms with E-state index in [9.17, 15) is 4.79 Å². The van der Waals surface area contributed by atoms with Crippen molar-refractivity contribution in [3.63, 3.8) is 0 Å². The van der Waals surface area contributed by atoms with Crippen LogP contribution in [0.25, 0.3) is 0 Å². The summed E-state index contributed by atoms with van der Waals surface area (Å²) in [6.45, 7) is 3.92. The fourth-order valence-corrected chi connectivity index (χ4v) is 2.73. The Balaban J connectivity index is 2.43. The predicted octanol–water partition coefficient (Wildman–Crippen LogP) is 2.96. The van der Waals surface area contributed by atoms with Gasteiger partial charge < -0.3 is 9.47 Å². The van der Waals surface area contributed by atoms with Crippen LogP contribution in [-0.2, 0) is 11.2 Å². The molecular formula is C15H20O3. The van der Waals surface area contributed by atoms with Crippen LogP contribution in [0, 0.1) is 5.92 Å². The lowest BCUT2D eigenvalue weighted by molar-refractivity contribution is -0.123. The molecule has 1 atom stereocenters. The van der Waals surface area contributed by atoms with E-state index in [1.807, 2.05) is 26.0 Å². The molecule has 1 aromatic carbocycles. The topological polar surface area (TPSA) is 35.5 Å². The molecule has 1 aliphatic carbocycles. The summed E-state index contributed by atoms with van der Waals surface area (Å²) >= 11 is 0. The Hall–Kier alpha value is -1.51. The third-order valence-corrected chi connectivity index (χ3v) is 3.66. The van der Waals surface area contributed by atoms with Crippen molar-refractivity contribution in [3.05, 3.63) is 23.3 Å². The number of carbonyl (C=O) groups is 1. The van der Waals surface area contributed by atoms with Gasteiger partial charge in [0.25, 0.3) is 0 Å². The zero-order valence-electron chi connectivity index (χ0n) is 11.4. The van der Waals surface area contributed by atoms with Gasteiger partial charge in [0, 0.05) is 17.4 Å². The molecule has 3 nitrogen and oxygen atoms in total. The average Bonchev–Trinajstić information content (AvgIpc) is 2.79. The second-order valence-corrected chi connectivity index (χ2v) is 5.02. The fraction of sp³-hybridized carbons (Fsp3) is 0.533. The number of hydrogen-bond acceptors (Lipinski definition) is 3. The summed E-state index contributed by atoms with van der Waals surface area (Å²) < 4.78 is 10.7. The van der Waals surface area contributed by atoms with Crippen molar-refractivity contribution in [2.75, 3.05) is 14.2 Å². The van der Waals surface area contributed by atoms with E-state index in [2.05, 4.69) is 0 Å². The van der Waals surface area contributed by atoms with Crippen LogP contribution in [0.4, 0.5) is 0 Å². The highest BCUT2D eigenvalue weighted by molar-refractivity contribution is 5.89. The summed E-state index contributed by atoms with van der Waals surface area (Å²) in [6.07, 6.45) is 1.77. The molecule has 18 heavy (non-hydrogen) atoms. The highest BCUT2D eigenvalue weighted by Gasteiger charge is 2.32. The van der Waals surface area contributed by atoms with Gasteiger partial charge in [0.15, 0.2) is 11.5 Å². The van der Waals surface area contributed by atoms with Gasteiger partial charge in [-0.25, -0.2) is 0 Å². The molecule has 0 N–H and O–H groups in total. The molecule has 0 aliphatic heterocycles. The molecule has 98 valence electrons. The summed E-state index contributed by atoms with van der Waals surface area (Å²) in [5.74, 6) is 1.96. The van der Waals surface area contributed by atoms with Gasteiger partial charge in [-0.3, -0.25) is 4.79 Å². The van der Waals surface area contributed by atoms with Gasteiger partial charge in [0.1, 0.15) is 5.78 Å². The first-order valence-electron chi connectivity index (χ1n) is 6.37. The second kappa shape index (κ2) is 5.01. The molecule has 0 spiro atoms. The summed E-state index contributed by atoms with van der Waals surface area (Å²) in [7, 11) is 3.28. The molecule has 1 aromatic rings. The van der Waals surface area contributed by atoms with E-state index in [-0.39, 0.29) is 11.8 Å². The van der Waals surface area contributed by atoms with Crippen LogP contribution in [0.3, 0.4) is 0 Å². The van der Waals surface area contributed by atoms with Crippen LogP contribution in [0.5, 0.6) is 11.5 Å². The van der Waals surface area contributed by atoms with Gasteiger partial charge in [-0.2, -0.15) is 0 Å². The third kappa shape index (κ3) is 1.98. The van der Waals surface area contributed by atoms with E-state index in [4.69, 9.17) is 9.47 Å². The largest absolute Gasteiger partial charge is 0.493 e. The zero-order chi connectivity index (χ0) is 13.3. The number of hydrogen-bond donors (Lipinski definition) is 0. The monoisotopic (exact) mass is 248 g/mol. The molecule has 2 rings (SSSR count). The van der Waals surface area contributed by atoms with Crippen molar-refractivity contribution in [3.8, 4) is 11.5 Å². The molecule has 0 fully saturated rings. The Labute approximate surface area is 108 Å². The molecule has 0 aromatic heterocycles. The van der Waals surface area contributed by atoms with E-state index in [1.54, 1.807) is 14.2 Å². The van der Waals surface area contributed by atoms with Gasteiger partial charge in [-0.05, 0) is 24.5 Å². The van der Waals surface area contributed by atoms with E-state index < -0.39 is 0 Å². The molecule has 0 radical (unpaired) electrons. The number of methoxy groups -OCH3 is 2. The summed E-state index contributed by atoms with van der Waals surface area (Å²) in [4.78, 5) is 12.2. The third-order valence-electron chi connectivity index (χ3n) is 3.66. The number of carbonyl (C=O) groups excluding carboxylic acids is 1. The molecule has 0 saturated heterocycles. The Morgan fingerprint density at radius 1 is 1.28 bits per heavy atom. The molecule has 0 amide bonds. The standard InChI is InChI=1S/C15H20O3/c1-9(2)14(16)11-5-6-12-10(11)7-8-13(17-3)15(12)18-4/h7-9,11H,5-6H2,1-4H3. The van der Waals surface area contributed by atoms with Crippen LogP contribution in [0.1, 0.15) is 37.3 Å². The summed E-state index contributed by atoms with van der Waals surface area (Å²) in [5.41, 5.74) is 2.25. The van der Waals surface area contributed by atoms with E-state index in [0.717, 1.165) is 35.5 Å². The number of Topliss-reactive ketones (excluding diaryl/α,β-unsaturated/α-hetero) is 1. The SMILES string of the molecule is COc1ccc2c(c1OC)CCC2C(=O)C(C)C. The van der Waals surface area contributed by atoms with Crippen LogP contribution < -0.4 is 9.47 Å². The maximum Gasteiger partial charge on any atom is 0.164 e. The molecule has 0 heterocycles. The van der Waals surface area contributed by atoms with Gasteiger partial charge in [0.2, 0.25) is 0 Å². The highest BCUT2D eigenvalue weighted by Crippen LogP contribution is 2.44. The molecular weight excluding hydrogens is 228 g/mol. The maximum atomic E-state index is 12.2. The summed E-state index contributed by atoms with van der Waals surface area (Å²) in [6, 6.07) is 3.90. The average molecular weight is 248 g/mol. The molecule has 1 unspecified atom stereocenters. The van der Waals surface area contributed by atoms with E-state index in [0.29, 0.717) is 5.78 Å². The van der Waals surface area contributed by atoms with Gasteiger partial charge in [-0.15, -0.1) is 0 Å². The first kappa shape index (κ1) is 12.9. The van der Waals surface area contributed by atoms with Crippen LogP contribution in [-0.4, -0.2) is 20.0 Å². The van der Waals surface area contributed by atoms with Crippen molar-refractivity contribution < 1.29 is 14.3 Å². The zero-order valence-corrected chi connectivity index (χ0v) is 11.4. The first-order chi connectivity index (χ1) is 8.60. The number of ketones is 1. The first-order valence-corrected chi connectivity index (χ1v) is 6.37. The number of ether oxygens (including phenoxy) is 2. The van der Waals surface area contributed by atoms with Crippen molar-refractivity contribution in [1.29, 1.82) is 0 Å². The molecule has 0 bridgehead atoms. The number of fused-ring (bicyclic) bond motifs is 1. The molecule has 1 aliphatic rings. The smallest absolute Gasteiger partial charge is 0.164 e.